The van der Waals surface area contributed by atoms with Crippen molar-refractivity contribution in [3.63, 3.8) is 0 Å². The van der Waals surface area contributed by atoms with E-state index in [1.54, 1.807) is 0 Å². The van der Waals surface area contributed by atoms with Gasteiger partial charge in [0.1, 0.15) is 0 Å². The van der Waals surface area contributed by atoms with Gasteiger partial charge in [-0.25, -0.2) is 8.42 Å². The highest BCUT2D eigenvalue weighted by molar-refractivity contribution is 7.72. The standard InChI is InChI=1S/C3H7NO4S/c5-3(6)1-4-2-9(7)8/h4,9H,1-2H2,(H,5,6). The summed E-state index contributed by atoms with van der Waals surface area (Å²) in [6, 6.07) is 0. The highest BCUT2D eigenvalue weighted by atomic mass is 32.2. The molecule has 54 valence electrons. The van der Waals surface area contributed by atoms with Crippen LogP contribution in [0.25, 0.3) is 0 Å². The van der Waals surface area contributed by atoms with E-state index in [0.717, 1.165) is 0 Å². The van der Waals surface area contributed by atoms with Crippen LogP contribution in [-0.2, 0) is 15.5 Å². The molecule has 0 aromatic heterocycles. The van der Waals surface area contributed by atoms with Gasteiger partial charge in [-0.1, -0.05) is 0 Å². The second-order valence-electron chi connectivity index (χ2n) is 1.31. The normalized spacial score (nSPS) is 9.89. The van der Waals surface area contributed by atoms with Crippen molar-refractivity contribution in [2.75, 3.05) is 12.4 Å². The molecule has 0 atom stereocenters. The van der Waals surface area contributed by atoms with E-state index in [-0.39, 0.29) is 12.4 Å². The molecule has 0 fully saturated rings. The molecule has 0 rings (SSSR count). The molecule has 0 aromatic rings. The van der Waals surface area contributed by atoms with Crippen LogP contribution in [0.2, 0.25) is 0 Å². The summed E-state index contributed by atoms with van der Waals surface area (Å²) in [5, 5.41) is 10.2. The summed E-state index contributed by atoms with van der Waals surface area (Å²) in [6.45, 7) is -0.316. The summed E-state index contributed by atoms with van der Waals surface area (Å²) in [4.78, 5) is 9.72. The van der Waals surface area contributed by atoms with Crippen LogP contribution in [0.5, 0.6) is 0 Å². The Balaban J connectivity index is 3.21. The molecule has 2 N–H and O–H groups in total. The second kappa shape index (κ2) is 4.28. The highest BCUT2D eigenvalue weighted by Crippen LogP contribution is 1.60. The van der Waals surface area contributed by atoms with E-state index in [2.05, 4.69) is 5.32 Å². The largest absolute Gasteiger partial charge is 0.480 e. The van der Waals surface area contributed by atoms with E-state index in [1.165, 1.54) is 0 Å². The van der Waals surface area contributed by atoms with Crippen LogP contribution in [-0.4, -0.2) is 31.9 Å². The monoisotopic (exact) mass is 153 g/mol. The van der Waals surface area contributed by atoms with Crippen LogP contribution in [0.4, 0.5) is 0 Å². The Kier molecular flexibility index (Phi) is 3.98. The zero-order valence-electron chi connectivity index (χ0n) is 4.53. The van der Waals surface area contributed by atoms with Gasteiger partial charge in [-0.15, -0.1) is 0 Å². The lowest BCUT2D eigenvalue weighted by Gasteiger charge is -1.90. The third kappa shape index (κ3) is 7.38. The molecule has 0 aliphatic heterocycles. The summed E-state index contributed by atoms with van der Waals surface area (Å²) in [6.07, 6.45) is 0. The van der Waals surface area contributed by atoms with E-state index in [1.807, 2.05) is 0 Å². The van der Waals surface area contributed by atoms with Crippen LogP contribution in [0, 0.1) is 0 Å². The molecule has 0 aromatic carbocycles. The SMILES string of the molecule is O=C(O)CNC[SH](=O)=O. The topological polar surface area (TPSA) is 83.5 Å². The Labute approximate surface area is 53.6 Å². The first-order valence-corrected chi connectivity index (χ1v) is 3.53. The highest BCUT2D eigenvalue weighted by Gasteiger charge is 1.93. The number of carboxylic acid groups (broad SMARTS) is 1. The third-order valence-electron chi connectivity index (χ3n) is 0.517. The Hall–Kier alpha value is -0.620. The zero-order valence-corrected chi connectivity index (χ0v) is 5.43. The minimum atomic E-state index is -2.51. The molecular weight excluding hydrogens is 146 g/mol. The summed E-state index contributed by atoms with van der Waals surface area (Å²) in [5.74, 6) is -1.34. The van der Waals surface area contributed by atoms with Gasteiger partial charge in [0.05, 0.1) is 12.4 Å². The van der Waals surface area contributed by atoms with Crippen molar-refractivity contribution in [3.05, 3.63) is 0 Å². The van der Waals surface area contributed by atoms with Gasteiger partial charge in [0, 0.05) is 0 Å². The average Bonchev–Trinajstić information content (AvgIpc) is 1.63. The van der Waals surface area contributed by atoms with Crippen LogP contribution < -0.4 is 5.32 Å². The Morgan fingerprint density at radius 2 is 2.11 bits per heavy atom. The Morgan fingerprint density at radius 3 is 2.44 bits per heavy atom. The van der Waals surface area contributed by atoms with Gasteiger partial charge in [-0.3, -0.25) is 10.1 Å². The van der Waals surface area contributed by atoms with E-state index in [4.69, 9.17) is 5.11 Å². The van der Waals surface area contributed by atoms with Gasteiger partial charge in [-0.2, -0.15) is 0 Å². The summed E-state index contributed by atoms with van der Waals surface area (Å²) in [5.41, 5.74) is 0. The molecule has 0 saturated carbocycles. The fourth-order valence-electron chi connectivity index (χ4n) is 0.254. The minimum Gasteiger partial charge on any atom is -0.480 e. The molecule has 0 heterocycles. The van der Waals surface area contributed by atoms with Crippen molar-refractivity contribution in [2.45, 2.75) is 0 Å². The number of nitrogens with one attached hydrogen (secondary N) is 1. The third-order valence-corrected chi connectivity index (χ3v) is 0.999. The van der Waals surface area contributed by atoms with Crippen molar-refractivity contribution in [2.24, 2.45) is 0 Å². The van der Waals surface area contributed by atoms with Crippen LogP contribution >= 0.6 is 0 Å². The quantitative estimate of drug-likeness (QED) is 0.416. The van der Waals surface area contributed by atoms with Crippen molar-refractivity contribution in [1.29, 1.82) is 0 Å². The number of carboxylic acids is 1. The van der Waals surface area contributed by atoms with Crippen LogP contribution in [0.3, 0.4) is 0 Å². The summed E-state index contributed by atoms with van der Waals surface area (Å²) < 4.78 is 19.5. The van der Waals surface area contributed by atoms with E-state index < -0.39 is 16.7 Å². The lowest BCUT2D eigenvalue weighted by molar-refractivity contribution is -0.135. The van der Waals surface area contributed by atoms with Crippen LogP contribution in [0.15, 0.2) is 0 Å². The first-order chi connectivity index (χ1) is 4.13. The maximum atomic E-state index is 9.76. The lowest BCUT2D eigenvalue weighted by atomic mass is 10.7. The molecular formula is C3H7NO4S. The first kappa shape index (κ1) is 8.38. The predicted molar refractivity (Wildman–Crippen MR) is 30.8 cm³/mol. The van der Waals surface area contributed by atoms with Gasteiger partial charge < -0.3 is 5.11 Å². The molecule has 0 amide bonds. The molecule has 0 unspecified atom stereocenters. The zero-order chi connectivity index (χ0) is 7.28. The smallest absolute Gasteiger partial charge is 0.317 e. The van der Waals surface area contributed by atoms with E-state index in [0.29, 0.717) is 0 Å². The van der Waals surface area contributed by atoms with Gasteiger partial charge in [0.2, 0.25) is 0 Å². The second-order valence-corrected chi connectivity index (χ2v) is 2.29. The molecule has 0 aliphatic carbocycles. The fraction of sp³-hybridized carbons (Fsp3) is 0.667. The van der Waals surface area contributed by atoms with E-state index >= 15 is 0 Å². The molecule has 6 heteroatoms. The van der Waals surface area contributed by atoms with Crippen LogP contribution in [0.1, 0.15) is 0 Å². The molecule has 9 heavy (non-hydrogen) atoms. The van der Waals surface area contributed by atoms with Crippen molar-refractivity contribution >= 4 is 16.7 Å². The number of hydrogen-bond acceptors (Lipinski definition) is 4. The number of aliphatic carboxylic acids is 1. The first-order valence-electron chi connectivity index (χ1n) is 2.17. The lowest BCUT2D eigenvalue weighted by Crippen LogP contribution is -2.23. The molecule has 5 nitrogen and oxygen atoms in total. The van der Waals surface area contributed by atoms with Gasteiger partial charge >= 0.3 is 5.97 Å². The molecule has 0 saturated heterocycles. The van der Waals surface area contributed by atoms with Crippen molar-refractivity contribution < 1.29 is 18.3 Å². The molecule has 0 radical (unpaired) electrons. The Bertz CT molecular complexity index is 155. The number of thiol groups is 1. The number of rotatable bonds is 4. The molecule has 0 bridgehead atoms. The minimum absolute atomic E-state index is 0.276. The average molecular weight is 153 g/mol. The maximum Gasteiger partial charge on any atom is 0.317 e. The van der Waals surface area contributed by atoms with Gasteiger partial charge in [-0.05, 0) is 0 Å². The number of carbonyl (C=O) groups is 1. The fourth-order valence-corrected chi connectivity index (χ4v) is 0.548. The Morgan fingerprint density at radius 1 is 1.56 bits per heavy atom. The maximum absolute atomic E-state index is 9.76. The summed E-state index contributed by atoms with van der Waals surface area (Å²) >= 11 is 0. The predicted octanol–water partition coefficient (Wildman–Crippen LogP) is -1.77. The van der Waals surface area contributed by atoms with Crippen molar-refractivity contribution in [3.8, 4) is 0 Å². The molecule has 0 aliphatic rings. The van der Waals surface area contributed by atoms with Gasteiger partial charge in [0.25, 0.3) is 0 Å². The van der Waals surface area contributed by atoms with E-state index in [9.17, 15) is 13.2 Å². The number of hydrogen-bond donors (Lipinski definition) is 3. The van der Waals surface area contributed by atoms with Crippen molar-refractivity contribution in [1.82, 2.24) is 5.32 Å². The molecule has 0 spiro atoms. The summed E-state index contributed by atoms with van der Waals surface area (Å²) in [7, 11) is -2.51. The van der Waals surface area contributed by atoms with Gasteiger partial charge in [0.15, 0.2) is 10.7 Å².